The third-order valence-corrected chi connectivity index (χ3v) is 5.18. The molecule has 0 aliphatic heterocycles. The van der Waals surface area contributed by atoms with Gasteiger partial charge < -0.3 is 24.3 Å². The Morgan fingerprint density at radius 1 is 1.15 bits per heavy atom. The highest BCUT2D eigenvalue weighted by atomic mass is 32.2. The van der Waals surface area contributed by atoms with E-state index in [9.17, 15) is 22.8 Å². The summed E-state index contributed by atoms with van der Waals surface area (Å²) in [6.07, 6.45) is -5.17. The van der Waals surface area contributed by atoms with Crippen molar-refractivity contribution in [3.8, 4) is 11.5 Å². The summed E-state index contributed by atoms with van der Waals surface area (Å²) in [5.41, 5.74) is 1.88. The molecule has 0 fully saturated rings. The van der Waals surface area contributed by atoms with Gasteiger partial charge in [0.05, 0.1) is 5.25 Å². The highest BCUT2D eigenvalue weighted by molar-refractivity contribution is 8.13. The molecule has 0 saturated heterocycles. The molecule has 0 aliphatic carbocycles. The van der Waals surface area contributed by atoms with Crippen molar-refractivity contribution in [1.82, 2.24) is 5.32 Å². The lowest BCUT2D eigenvalue weighted by molar-refractivity contribution is -0.274. The Labute approximate surface area is 193 Å². The van der Waals surface area contributed by atoms with E-state index in [-0.39, 0.29) is 25.1 Å². The van der Waals surface area contributed by atoms with Gasteiger partial charge in [-0.1, -0.05) is 36.0 Å². The molecule has 0 aromatic heterocycles. The van der Waals surface area contributed by atoms with Crippen molar-refractivity contribution in [3.05, 3.63) is 59.7 Å². The molecule has 0 bridgehead atoms. The molecule has 11 heteroatoms. The van der Waals surface area contributed by atoms with Crippen LogP contribution in [0, 0.1) is 0 Å². The Morgan fingerprint density at radius 2 is 1.88 bits per heavy atom. The zero-order valence-electron chi connectivity index (χ0n) is 18.0. The number of methoxy groups -OCH3 is 1. The van der Waals surface area contributed by atoms with Crippen molar-refractivity contribution in [2.24, 2.45) is 0 Å². The second-order valence-corrected chi connectivity index (χ2v) is 7.71. The second-order valence-electron chi connectivity index (χ2n) is 6.68. The first-order valence-electron chi connectivity index (χ1n) is 9.74. The van der Waals surface area contributed by atoms with Crippen LogP contribution in [0.4, 0.5) is 13.2 Å². The van der Waals surface area contributed by atoms with Gasteiger partial charge in [0, 0.05) is 14.2 Å². The second kappa shape index (κ2) is 13.1. The first-order valence-corrected chi connectivity index (χ1v) is 10.7. The Balaban J connectivity index is 2.05. The monoisotopic (exact) mass is 487 g/mol. The lowest BCUT2D eigenvalue weighted by atomic mass is 10.1. The minimum absolute atomic E-state index is 0.0000369. The van der Waals surface area contributed by atoms with Crippen molar-refractivity contribution in [1.29, 1.82) is 0 Å². The highest BCUT2D eigenvalue weighted by Gasteiger charge is 2.31. The van der Waals surface area contributed by atoms with Gasteiger partial charge in [0.25, 0.3) is 0 Å². The van der Waals surface area contributed by atoms with E-state index in [1.807, 2.05) is 0 Å². The summed E-state index contributed by atoms with van der Waals surface area (Å²) in [6.45, 7) is -0.0906. The molecular weight excluding hydrogens is 463 g/mol. The van der Waals surface area contributed by atoms with Crippen molar-refractivity contribution in [2.45, 2.75) is 24.1 Å². The molecule has 2 atom stereocenters. The summed E-state index contributed by atoms with van der Waals surface area (Å²) in [5, 5.41) is 1.98. The standard InChI is InChI=1S/C22H24F3NO6S/c1-26-21(28)20(33-13-27)10-15-6-8-17(9-7-15)30-12-19(31-14-29-2)16-4-3-5-18(11-16)32-22(23,24)25/h3-9,11,13,19-20H,10,12,14H2,1-2H3,(H,26,28). The fourth-order valence-corrected chi connectivity index (χ4v) is 3.51. The number of halogens is 3. The summed E-state index contributed by atoms with van der Waals surface area (Å²) in [7, 11) is 2.93. The maximum atomic E-state index is 12.5. The smallest absolute Gasteiger partial charge is 0.491 e. The van der Waals surface area contributed by atoms with E-state index in [1.54, 1.807) is 30.3 Å². The van der Waals surface area contributed by atoms with Gasteiger partial charge in [-0.3, -0.25) is 9.59 Å². The molecule has 2 aromatic carbocycles. The van der Waals surface area contributed by atoms with Gasteiger partial charge >= 0.3 is 6.36 Å². The molecule has 0 saturated carbocycles. The maximum Gasteiger partial charge on any atom is 0.573 e. The minimum Gasteiger partial charge on any atom is -0.491 e. The van der Waals surface area contributed by atoms with E-state index < -0.39 is 17.7 Å². The van der Waals surface area contributed by atoms with Gasteiger partial charge in [-0.25, -0.2) is 0 Å². The predicted molar refractivity (Wildman–Crippen MR) is 117 cm³/mol. The topological polar surface area (TPSA) is 83.1 Å². The van der Waals surface area contributed by atoms with Crippen LogP contribution in [0.25, 0.3) is 0 Å². The number of hydrogen-bond donors (Lipinski definition) is 1. The van der Waals surface area contributed by atoms with E-state index in [2.05, 4.69) is 10.1 Å². The van der Waals surface area contributed by atoms with Gasteiger partial charge in [-0.2, -0.15) is 0 Å². The number of carbonyl (C=O) groups is 2. The van der Waals surface area contributed by atoms with E-state index in [0.29, 0.717) is 23.4 Å². The molecule has 2 aromatic rings. The van der Waals surface area contributed by atoms with Gasteiger partial charge in [0.1, 0.15) is 31.0 Å². The first-order chi connectivity index (χ1) is 15.8. The lowest BCUT2D eigenvalue weighted by Crippen LogP contribution is -2.31. The summed E-state index contributed by atoms with van der Waals surface area (Å²) in [5.74, 6) is -0.122. The number of alkyl halides is 3. The molecular formula is C22H24F3NO6S. The molecule has 0 radical (unpaired) electrons. The molecule has 33 heavy (non-hydrogen) atoms. The maximum absolute atomic E-state index is 12.5. The van der Waals surface area contributed by atoms with Gasteiger partial charge in [0.15, 0.2) is 5.62 Å². The van der Waals surface area contributed by atoms with E-state index in [1.165, 1.54) is 32.4 Å². The van der Waals surface area contributed by atoms with Gasteiger partial charge in [-0.15, -0.1) is 13.2 Å². The summed E-state index contributed by atoms with van der Waals surface area (Å²) < 4.78 is 57.8. The Kier molecular flexibility index (Phi) is 10.5. The van der Waals surface area contributed by atoms with Crippen LogP contribution >= 0.6 is 11.8 Å². The van der Waals surface area contributed by atoms with Gasteiger partial charge in [-0.05, 0) is 41.8 Å². The van der Waals surface area contributed by atoms with Crippen LogP contribution < -0.4 is 14.8 Å². The Hall–Kier alpha value is -2.76. The lowest BCUT2D eigenvalue weighted by Gasteiger charge is -2.20. The van der Waals surface area contributed by atoms with Crippen LogP contribution in [-0.2, 0) is 25.5 Å². The Morgan fingerprint density at radius 3 is 2.48 bits per heavy atom. The van der Waals surface area contributed by atoms with E-state index >= 15 is 0 Å². The van der Waals surface area contributed by atoms with Crippen molar-refractivity contribution in [3.63, 3.8) is 0 Å². The number of hydrogen-bond acceptors (Lipinski definition) is 7. The molecule has 0 aliphatic rings. The normalized spacial score (nSPS) is 13.1. The van der Waals surface area contributed by atoms with E-state index in [4.69, 9.17) is 14.2 Å². The molecule has 180 valence electrons. The molecule has 0 heterocycles. The average molecular weight is 487 g/mol. The number of benzene rings is 2. The molecule has 2 rings (SSSR count). The van der Waals surface area contributed by atoms with Crippen molar-refractivity contribution in [2.75, 3.05) is 27.6 Å². The fraction of sp³-hybridized carbons (Fsp3) is 0.364. The quantitative estimate of drug-likeness (QED) is 0.339. The number of ether oxygens (including phenoxy) is 4. The molecule has 0 spiro atoms. The molecule has 1 N–H and O–H groups in total. The number of carbonyl (C=O) groups excluding carboxylic acids is 2. The van der Waals surface area contributed by atoms with Crippen LogP contribution in [0.5, 0.6) is 11.5 Å². The molecule has 7 nitrogen and oxygen atoms in total. The fourth-order valence-electron chi connectivity index (χ4n) is 2.84. The van der Waals surface area contributed by atoms with Crippen LogP contribution in [0.1, 0.15) is 17.2 Å². The number of nitrogens with one attached hydrogen (secondary N) is 1. The summed E-state index contributed by atoms with van der Waals surface area (Å²) in [6, 6.07) is 12.4. The van der Waals surface area contributed by atoms with E-state index in [0.717, 1.165) is 17.3 Å². The average Bonchev–Trinajstić information content (AvgIpc) is 2.78. The Bertz CT molecular complexity index is 894. The zero-order valence-corrected chi connectivity index (χ0v) is 18.8. The third-order valence-electron chi connectivity index (χ3n) is 4.36. The van der Waals surface area contributed by atoms with Crippen molar-refractivity contribution < 1.29 is 41.7 Å². The molecule has 1 amide bonds. The summed E-state index contributed by atoms with van der Waals surface area (Å²) in [4.78, 5) is 22.7. The van der Waals surface area contributed by atoms with Crippen LogP contribution in [-0.4, -0.2) is 50.7 Å². The van der Waals surface area contributed by atoms with Crippen molar-refractivity contribution >= 4 is 23.3 Å². The largest absolute Gasteiger partial charge is 0.573 e. The predicted octanol–water partition coefficient (Wildman–Crippen LogP) is 3.91. The van der Waals surface area contributed by atoms with Crippen LogP contribution in [0.15, 0.2) is 48.5 Å². The number of thioether (sulfide) groups is 1. The minimum atomic E-state index is -4.80. The summed E-state index contributed by atoms with van der Waals surface area (Å²) >= 11 is 0.899. The van der Waals surface area contributed by atoms with Gasteiger partial charge in [0.2, 0.25) is 5.91 Å². The third kappa shape index (κ3) is 9.32. The zero-order chi connectivity index (χ0) is 24.3. The SMILES string of the molecule is CNC(=O)C(Cc1ccc(OCC(OCOC)c2cccc(OC(F)(F)F)c2)cc1)SC=O. The van der Waals surface area contributed by atoms with Crippen LogP contribution in [0.2, 0.25) is 0 Å². The van der Waals surface area contributed by atoms with Crippen LogP contribution in [0.3, 0.4) is 0 Å². The molecule has 2 unspecified atom stereocenters. The highest BCUT2D eigenvalue weighted by Crippen LogP contribution is 2.28. The number of amides is 1. The first kappa shape index (κ1) is 26.5. The number of rotatable bonds is 13.